The third kappa shape index (κ3) is 5.75. The SMILES string of the molecule is COc1ccc(/C=C/C=O)c(CC/C=C\CCCl)c1. The van der Waals surface area contributed by atoms with E-state index in [0.29, 0.717) is 5.88 Å². The average Bonchev–Trinajstić information content (AvgIpc) is 2.45. The Morgan fingerprint density at radius 2 is 2.05 bits per heavy atom. The summed E-state index contributed by atoms with van der Waals surface area (Å²) >= 11 is 5.61. The fourth-order valence-electron chi connectivity index (χ4n) is 1.77. The van der Waals surface area contributed by atoms with Crippen LogP contribution in [0.15, 0.2) is 36.4 Å². The van der Waals surface area contributed by atoms with Crippen LogP contribution in [0.2, 0.25) is 0 Å². The van der Waals surface area contributed by atoms with Crippen LogP contribution in [0.1, 0.15) is 24.0 Å². The zero-order chi connectivity index (χ0) is 13.9. The van der Waals surface area contributed by atoms with Gasteiger partial charge in [-0.1, -0.05) is 24.3 Å². The van der Waals surface area contributed by atoms with Gasteiger partial charge in [-0.05, 0) is 48.6 Å². The Labute approximate surface area is 119 Å². The normalized spacial score (nSPS) is 11.3. The van der Waals surface area contributed by atoms with Gasteiger partial charge in [0.05, 0.1) is 7.11 Å². The first-order valence-electron chi connectivity index (χ1n) is 6.31. The van der Waals surface area contributed by atoms with Crippen LogP contribution in [0, 0.1) is 0 Å². The van der Waals surface area contributed by atoms with Gasteiger partial charge in [-0.3, -0.25) is 4.79 Å². The van der Waals surface area contributed by atoms with E-state index < -0.39 is 0 Å². The number of alkyl halides is 1. The van der Waals surface area contributed by atoms with Gasteiger partial charge in [0.2, 0.25) is 0 Å². The molecule has 0 aliphatic rings. The summed E-state index contributed by atoms with van der Waals surface area (Å²) < 4.78 is 5.23. The molecule has 0 aromatic heterocycles. The fraction of sp³-hybridized carbons (Fsp3) is 0.312. The molecule has 0 N–H and O–H groups in total. The number of aldehydes is 1. The summed E-state index contributed by atoms with van der Waals surface area (Å²) in [5.41, 5.74) is 2.23. The maximum absolute atomic E-state index is 10.4. The van der Waals surface area contributed by atoms with Crippen molar-refractivity contribution >= 4 is 24.0 Å². The molecule has 0 saturated heterocycles. The Kier molecular flexibility index (Phi) is 7.68. The Balaban J connectivity index is 2.76. The minimum absolute atomic E-state index is 0.656. The molecule has 0 atom stereocenters. The molecule has 0 spiro atoms. The number of benzene rings is 1. The number of rotatable bonds is 8. The van der Waals surface area contributed by atoms with Crippen LogP contribution in [0.3, 0.4) is 0 Å². The average molecular weight is 279 g/mol. The van der Waals surface area contributed by atoms with Crippen molar-refractivity contribution in [2.45, 2.75) is 19.3 Å². The first kappa shape index (κ1) is 15.5. The molecule has 102 valence electrons. The van der Waals surface area contributed by atoms with Gasteiger partial charge >= 0.3 is 0 Å². The van der Waals surface area contributed by atoms with Gasteiger partial charge in [-0.25, -0.2) is 0 Å². The Morgan fingerprint density at radius 1 is 1.26 bits per heavy atom. The molecule has 1 aromatic carbocycles. The van der Waals surface area contributed by atoms with E-state index in [1.165, 1.54) is 11.6 Å². The maximum Gasteiger partial charge on any atom is 0.142 e. The predicted octanol–water partition coefficient (Wildman–Crippen LogP) is 4.03. The molecule has 1 aromatic rings. The molecule has 0 saturated carbocycles. The van der Waals surface area contributed by atoms with Crippen LogP contribution < -0.4 is 4.74 Å². The first-order valence-corrected chi connectivity index (χ1v) is 6.85. The van der Waals surface area contributed by atoms with E-state index in [9.17, 15) is 4.79 Å². The second-order valence-electron chi connectivity index (χ2n) is 4.05. The zero-order valence-electron chi connectivity index (χ0n) is 11.1. The first-order chi connectivity index (χ1) is 9.31. The van der Waals surface area contributed by atoms with Gasteiger partial charge in [0.15, 0.2) is 0 Å². The third-order valence-electron chi connectivity index (χ3n) is 2.73. The lowest BCUT2D eigenvalue weighted by Crippen LogP contribution is -1.91. The molecule has 0 radical (unpaired) electrons. The van der Waals surface area contributed by atoms with Crippen molar-refractivity contribution in [2.75, 3.05) is 13.0 Å². The number of halogens is 1. The van der Waals surface area contributed by atoms with E-state index in [4.69, 9.17) is 16.3 Å². The van der Waals surface area contributed by atoms with Crippen LogP contribution in [-0.4, -0.2) is 19.3 Å². The highest BCUT2D eigenvalue weighted by atomic mass is 35.5. The number of carbonyl (C=O) groups is 1. The molecule has 0 bridgehead atoms. The van der Waals surface area contributed by atoms with E-state index in [0.717, 1.165) is 36.9 Å². The highest BCUT2D eigenvalue weighted by molar-refractivity contribution is 6.17. The van der Waals surface area contributed by atoms with Gasteiger partial charge in [0, 0.05) is 5.88 Å². The van der Waals surface area contributed by atoms with Gasteiger partial charge in [-0.15, -0.1) is 11.6 Å². The van der Waals surface area contributed by atoms with Crippen molar-refractivity contribution in [3.8, 4) is 5.75 Å². The Bertz CT molecular complexity index is 450. The molecule has 0 aliphatic heterocycles. The largest absolute Gasteiger partial charge is 0.497 e. The predicted molar refractivity (Wildman–Crippen MR) is 80.9 cm³/mol. The molecule has 0 aliphatic carbocycles. The summed E-state index contributed by atoms with van der Waals surface area (Å²) in [7, 11) is 1.65. The van der Waals surface area contributed by atoms with Crippen LogP contribution >= 0.6 is 11.6 Å². The molecular formula is C16H19ClO2. The number of ether oxygens (including phenoxy) is 1. The van der Waals surface area contributed by atoms with Gasteiger partial charge in [0.25, 0.3) is 0 Å². The lowest BCUT2D eigenvalue weighted by Gasteiger charge is -2.07. The fourth-order valence-corrected chi connectivity index (χ4v) is 1.89. The van der Waals surface area contributed by atoms with E-state index >= 15 is 0 Å². The van der Waals surface area contributed by atoms with Crippen molar-refractivity contribution in [1.29, 1.82) is 0 Å². The molecule has 1 rings (SSSR count). The van der Waals surface area contributed by atoms with Crippen molar-refractivity contribution in [2.24, 2.45) is 0 Å². The number of aryl methyl sites for hydroxylation is 1. The number of hydrogen-bond donors (Lipinski definition) is 0. The minimum Gasteiger partial charge on any atom is -0.497 e. The Morgan fingerprint density at radius 3 is 2.74 bits per heavy atom. The van der Waals surface area contributed by atoms with Gasteiger partial charge < -0.3 is 4.74 Å². The number of carbonyl (C=O) groups excluding carboxylic acids is 1. The smallest absolute Gasteiger partial charge is 0.142 e. The molecule has 0 amide bonds. The number of allylic oxidation sites excluding steroid dienone is 3. The summed E-state index contributed by atoms with van der Waals surface area (Å²) in [6, 6.07) is 5.88. The standard InChI is InChI=1S/C16H19ClO2/c1-19-16-10-9-14(8-6-12-18)15(13-16)7-4-2-3-5-11-17/h2-3,6,8-10,12-13H,4-5,7,11H2,1H3/b3-2-,8-6+. The van der Waals surface area contributed by atoms with Crippen molar-refractivity contribution in [3.63, 3.8) is 0 Å². The van der Waals surface area contributed by atoms with Crippen LogP contribution in [0.5, 0.6) is 5.75 Å². The number of hydrogen-bond acceptors (Lipinski definition) is 2. The minimum atomic E-state index is 0.656. The quantitative estimate of drug-likeness (QED) is 0.311. The lowest BCUT2D eigenvalue weighted by atomic mass is 10.0. The monoisotopic (exact) mass is 278 g/mol. The maximum atomic E-state index is 10.4. The molecule has 0 fully saturated rings. The van der Waals surface area contributed by atoms with Crippen molar-refractivity contribution < 1.29 is 9.53 Å². The molecule has 3 heteroatoms. The third-order valence-corrected chi connectivity index (χ3v) is 2.95. The van der Waals surface area contributed by atoms with E-state index in [-0.39, 0.29) is 0 Å². The van der Waals surface area contributed by atoms with Crippen molar-refractivity contribution in [1.82, 2.24) is 0 Å². The topological polar surface area (TPSA) is 26.3 Å². The highest BCUT2D eigenvalue weighted by Crippen LogP contribution is 2.20. The zero-order valence-corrected chi connectivity index (χ0v) is 11.9. The Hall–Kier alpha value is -1.54. The van der Waals surface area contributed by atoms with Crippen LogP contribution in [0.25, 0.3) is 6.08 Å². The van der Waals surface area contributed by atoms with E-state index in [2.05, 4.69) is 12.2 Å². The van der Waals surface area contributed by atoms with E-state index in [1.807, 2.05) is 24.3 Å². The molecule has 0 unspecified atom stereocenters. The second kappa shape index (κ2) is 9.40. The highest BCUT2D eigenvalue weighted by Gasteiger charge is 2.01. The molecular weight excluding hydrogens is 260 g/mol. The summed E-state index contributed by atoms with van der Waals surface area (Å²) in [6.45, 7) is 0. The summed E-state index contributed by atoms with van der Waals surface area (Å²) in [6.07, 6.45) is 11.1. The summed E-state index contributed by atoms with van der Waals surface area (Å²) in [5, 5.41) is 0. The van der Waals surface area contributed by atoms with Gasteiger partial charge in [-0.2, -0.15) is 0 Å². The summed E-state index contributed by atoms with van der Waals surface area (Å²) in [4.78, 5) is 10.4. The molecule has 19 heavy (non-hydrogen) atoms. The second-order valence-corrected chi connectivity index (χ2v) is 4.43. The van der Waals surface area contributed by atoms with Crippen LogP contribution in [-0.2, 0) is 11.2 Å². The lowest BCUT2D eigenvalue weighted by molar-refractivity contribution is -0.104. The van der Waals surface area contributed by atoms with Gasteiger partial charge in [0.1, 0.15) is 12.0 Å². The van der Waals surface area contributed by atoms with Crippen molar-refractivity contribution in [3.05, 3.63) is 47.6 Å². The number of methoxy groups -OCH3 is 1. The molecule has 2 nitrogen and oxygen atoms in total. The summed E-state index contributed by atoms with van der Waals surface area (Å²) in [5.74, 6) is 1.49. The van der Waals surface area contributed by atoms with Crippen LogP contribution in [0.4, 0.5) is 0 Å². The molecule has 0 heterocycles. The van der Waals surface area contributed by atoms with E-state index in [1.54, 1.807) is 7.11 Å².